The van der Waals surface area contributed by atoms with Crippen molar-refractivity contribution in [2.45, 2.75) is 50.5 Å². The molecule has 1 fully saturated rings. The minimum atomic E-state index is -3.73. The van der Waals surface area contributed by atoms with Crippen molar-refractivity contribution in [2.75, 3.05) is 0 Å². The number of thiophene rings is 1. The number of aromatic nitrogens is 3. The summed E-state index contributed by atoms with van der Waals surface area (Å²) in [5.74, 6) is 1.15. The molecule has 1 aliphatic rings. The van der Waals surface area contributed by atoms with Crippen LogP contribution in [-0.2, 0) is 16.6 Å². The van der Waals surface area contributed by atoms with Gasteiger partial charge in [0.05, 0.1) is 5.56 Å². The summed E-state index contributed by atoms with van der Waals surface area (Å²) < 4.78 is 34.4. The third-order valence-electron chi connectivity index (χ3n) is 4.71. The number of hydrogen-bond donors (Lipinski definition) is 2. The molecule has 3 heterocycles. The van der Waals surface area contributed by atoms with Crippen molar-refractivity contribution >= 4 is 21.4 Å². The molecule has 4 rings (SSSR count). The molecule has 0 atom stereocenters. The predicted molar refractivity (Wildman–Crippen MR) is 98.5 cm³/mol. The number of H-pyrrole nitrogens is 1. The first-order valence-electron chi connectivity index (χ1n) is 8.50. The molecule has 0 radical (unpaired) electrons. The Bertz CT molecular complexity index is 1010. The van der Waals surface area contributed by atoms with Gasteiger partial charge in [-0.3, -0.25) is 0 Å². The molecule has 26 heavy (non-hydrogen) atoms. The Morgan fingerprint density at radius 3 is 2.77 bits per heavy atom. The second-order valence-corrected chi connectivity index (χ2v) is 9.29. The number of hydrogen-bond acceptors (Lipinski definition) is 6. The van der Waals surface area contributed by atoms with Crippen LogP contribution in [0, 0.1) is 13.8 Å². The van der Waals surface area contributed by atoms with E-state index in [1.165, 1.54) is 11.3 Å². The number of nitrogens with one attached hydrogen (secondary N) is 2. The zero-order valence-corrected chi connectivity index (χ0v) is 16.2. The van der Waals surface area contributed by atoms with Gasteiger partial charge in [-0.2, -0.15) is 0 Å². The molecule has 0 unspecified atom stereocenters. The van der Waals surface area contributed by atoms with Gasteiger partial charge in [-0.15, -0.1) is 21.5 Å². The van der Waals surface area contributed by atoms with E-state index in [0.29, 0.717) is 28.8 Å². The number of sulfonamides is 1. The minimum absolute atomic E-state index is 0.176. The van der Waals surface area contributed by atoms with Gasteiger partial charge >= 0.3 is 0 Å². The van der Waals surface area contributed by atoms with Crippen LogP contribution < -0.4 is 4.72 Å². The molecule has 3 aromatic rings. The molecule has 0 aliphatic heterocycles. The van der Waals surface area contributed by atoms with Gasteiger partial charge in [0.1, 0.15) is 4.90 Å². The summed E-state index contributed by atoms with van der Waals surface area (Å²) in [5, 5.41) is 10.2. The van der Waals surface area contributed by atoms with Crippen molar-refractivity contribution in [1.29, 1.82) is 0 Å². The van der Waals surface area contributed by atoms with Crippen LogP contribution in [0.5, 0.6) is 0 Å². The highest BCUT2D eigenvalue weighted by Gasteiger charge is 2.31. The maximum atomic E-state index is 12.9. The maximum Gasteiger partial charge on any atom is 0.250 e. The van der Waals surface area contributed by atoms with Crippen molar-refractivity contribution in [3.63, 3.8) is 0 Å². The Morgan fingerprint density at radius 2 is 2.12 bits per heavy atom. The Labute approximate surface area is 155 Å². The van der Waals surface area contributed by atoms with Gasteiger partial charge in [0.15, 0.2) is 0 Å². The molecule has 1 aliphatic carbocycles. The molecular weight excluding hydrogens is 372 g/mol. The third-order valence-corrected chi connectivity index (χ3v) is 7.16. The van der Waals surface area contributed by atoms with Gasteiger partial charge in [0.25, 0.3) is 5.89 Å². The Kier molecular flexibility index (Phi) is 4.45. The summed E-state index contributed by atoms with van der Waals surface area (Å²) in [6.07, 6.45) is 3.25. The molecule has 0 spiro atoms. The first kappa shape index (κ1) is 17.4. The first-order chi connectivity index (χ1) is 12.5. The van der Waals surface area contributed by atoms with E-state index in [0.717, 1.165) is 24.1 Å². The Hall–Kier alpha value is -1.97. The zero-order valence-electron chi connectivity index (χ0n) is 14.6. The smallest absolute Gasteiger partial charge is 0.250 e. The van der Waals surface area contributed by atoms with E-state index in [1.807, 2.05) is 24.4 Å². The van der Waals surface area contributed by atoms with Gasteiger partial charge in [0, 0.05) is 28.7 Å². The van der Waals surface area contributed by atoms with Crippen molar-refractivity contribution in [3.05, 3.63) is 39.7 Å². The lowest BCUT2D eigenvalue weighted by Gasteiger charge is -2.20. The summed E-state index contributed by atoms with van der Waals surface area (Å²) in [6, 6.07) is 3.79. The summed E-state index contributed by atoms with van der Waals surface area (Å²) in [7, 11) is -3.73. The van der Waals surface area contributed by atoms with E-state index in [1.54, 1.807) is 6.92 Å². The van der Waals surface area contributed by atoms with Gasteiger partial charge in [-0.25, -0.2) is 13.1 Å². The lowest BCUT2D eigenvalue weighted by atomic mass is 9.85. The van der Waals surface area contributed by atoms with Crippen LogP contribution in [0.3, 0.4) is 0 Å². The molecule has 0 amide bonds. The molecule has 0 saturated heterocycles. The number of nitrogens with zero attached hydrogens (tertiary/aromatic N) is 2. The molecule has 7 nitrogen and oxygen atoms in total. The standard InChI is InChI=1S/C17H20N4O3S2/c1-10-14(17-21-20-16(24-17)12-5-3-6-12)15(11(2)19-10)26(22,23)18-9-13-7-4-8-25-13/h4,7-8,12,18-19H,3,5-6,9H2,1-2H3. The van der Waals surface area contributed by atoms with Gasteiger partial charge in [-0.05, 0) is 38.1 Å². The molecule has 1 saturated carbocycles. The van der Waals surface area contributed by atoms with Gasteiger partial charge in [0.2, 0.25) is 15.9 Å². The average Bonchev–Trinajstić information content (AvgIpc) is 3.24. The Balaban J connectivity index is 1.68. The maximum absolute atomic E-state index is 12.9. The largest absolute Gasteiger partial charge is 0.420 e. The van der Waals surface area contributed by atoms with Crippen molar-refractivity contribution in [1.82, 2.24) is 19.9 Å². The summed E-state index contributed by atoms with van der Waals surface area (Å²) in [6.45, 7) is 3.80. The number of rotatable bonds is 6. The normalized spacial score (nSPS) is 15.3. The van der Waals surface area contributed by atoms with Crippen LogP contribution in [0.1, 0.15) is 47.3 Å². The zero-order chi connectivity index (χ0) is 18.3. The molecule has 9 heteroatoms. The SMILES string of the molecule is Cc1[nH]c(C)c(S(=O)(=O)NCc2cccs2)c1-c1nnc(C2CCC2)o1. The van der Waals surface area contributed by atoms with Crippen LogP contribution in [0.2, 0.25) is 0 Å². The van der Waals surface area contributed by atoms with Gasteiger partial charge < -0.3 is 9.40 Å². The van der Waals surface area contributed by atoms with Crippen molar-refractivity contribution in [2.24, 2.45) is 0 Å². The average molecular weight is 393 g/mol. The second-order valence-electron chi connectivity index (χ2n) is 6.56. The predicted octanol–water partition coefficient (Wildman–Crippen LogP) is 3.49. The number of aryl methyl sites for hydroxylation is 2. The van der Waals surface area contributed by atoms with Crippen LogP contribution in [-0.4, -0.2) is 23.6 Å². The van der Waals surface area contributed by atoms with Crippen molar-refractivity contribution < 1.29 is 12.8 Å². The van der Waals surface area contributed by atoms with Crippen LogP contribution in [0.25, 0.3) is 11.5 Å². The monoisotopic (exact) mass is 392 g/mol. The van der Waals surface area contributed by atoms with E-state index in [2.05, 4.69) is 19.9 Å². The fourth-order valence-corrected chi connectivity index (χ4v) is 5.35. The molecule has 3 aromatic heterocycles. The topological polar surface area (TPSA) is 101 Å². The first-order valence-corrected chi connectivity index (χ1v) is 10.9. The highest BCUT2D eigenvalue weighted by atomic mass is 32.2. The van der Waals surface area contributed by atoms with Crippen molar-refractivity contribution in [3.8, 4) is 11.5 Å². The minimum Gasteiger partial charge on any atom is -0.420 e. The highest BCUT2D eigenvalue weighted by Crippen LogP contribution is 2.38. The molecule has 0 bridgehead atoms. The summed E-state index contributed by atoms with van der Waals surface area (Å²) >= 11 is 1.51. The van der Waals surface area contributed by atoms with Gasteiger partial charge in [-0.1, -0.05) is 12.5 Å². The van der Waals surface area contributed by atoms with E-state index < -0.39 is 10.0 Å². The quantitative estimate of drug-likeness (QED) is 0.669. The summed E-state index contributed by atoms with van der Waals surface area (Å²) in [5.41, 5.74) is 1.71. The molecule has 0 aromatic carbocycles. The Morgan fingerprint density at radius 1 is 1.31 bits per heavy atom. The fraction of sp³-hybridized carbons (Fsp3) is 0.412. The molecule has 138 valence electrons. The van der Waals surface area contributed by atoms with Crippen LogP contribution >= 0.6 is 11.3 Å². The van der Waals surface area contributed by atoms with E-state index in [4.69, 9.17) is 4.42 Å². The third kappa shape index (κ3) is 3.10. The van der Waals surface area contributed by atoms with Crippen LogP contribution in [0.4, 0.5) is 0 Å². The fourth-order valence-electron chi connectivity index (χ4n) is 3.16. The second kappa shape index (κ2) is 6.64. The van der Waals surface area contributed by atoms with E-state index in [9.17, 15) is 8.42 Å². The lowest BCUT2D eigenvalue weighted by Crippen LogP contribution is -2.23. The van der Waals surface area contributed by atoms with Crippen LogP contribution in [0.15, 0.2) is 26.8 Å². The summed E-state index contributed by atoms with van der Waals surface area (Å²) in [4.78, 5) is 4.22. The lowest BCUT2D eigenvalue weighted by molar-refractivity contribution is 0.338. The van der Waals surface area contributed by atoms with E-state index >= 15 is 0 Å². The van der Waals surface area contributed by atoms with E-state index in [-0.39, 0.29) is 17.3 Å². The number of aromatic amines is 1. The molecule has 2 N–H and O–H groups in total. The molecular formula is C17H20N4O3S2. The highest BCUT2D eigenvalue weighted by molar-refractivity contribution is 7.89.